The van der Waals surface area contributed by atoms with E-state index in [2.05, 4.69) is 33.0 Å². The topological polar surface area (TPSA) is 79.0 Å². The zero-order valence-corrected chi connectivity index (χ0v) is 14.7. The Bertz CT molecular complexity index is 681. The number of rotatable bonds is 7. The molecule has 1 aromatic carbocycles. The van der Waals surface area contributed by atoms with Gasteiger partial charge in [-0.2, -0.15) is 5.10 Å². The van der Waals surface area contributed by atoms with Gasteiger partial charge in [-0.1, -0.05) is 12.1 Å². The molecule has 1 aromatic heterocycles. The summed E-state index contributed by atoms with van der Waals surface area (Å²) in [6.45, 7) is 0.685. The Balaban J connectivity index is 1.33. The average Bonchev–Trinajstić information content (AvgIpc) is 3.12. The summed E-state index contributed by atoms with van der Waals surface area (Å²) >= 11 is 0. The van der Waals surface area contributed by atoms with Crippen LogP contribution in [0.25, 0.3) is 0 Å². The molecule has 0 spiro atoms. The normalized spacial score (nSPS) is 16.1. The third kappa shape index (κ3) is 4.75. The minimum Gasteiger partial charge on any atom is -0.497 e. The van der Waals surface area contributed by atoms with E-state index in [0.29, 0.717) is 6.54 Å². The lowest BCUT2D eigenvalue weighted by Crippen LogP contribution is -2.39. The van der Waals surface area contributed by atoms with E-state index in [0.717, 1.165) is 50.0 Å². The van der Waals surface area contributed by atoms with Crippen molar-refractivity contribution in [2.75, 3.05) is 13.7 Å². The number of fused-ring (bicyclic) bond motifs is 1. The lowest BCUT2D eigenvalue weighted by atomic mass is 9.94. The van der Waals surface area contributed by atoms with Gasteiger partial charge in [0.15, 0.2) is 0 Å². The summed E-state index contributed by atoms with van der Waals surface area (Å²) in [5.41, 5.74) is 3.57. The fourth-order valence-electron chi connectivity index (χ4n) is 3.26. The maximum Gasteiger partial charge on any atom is 0.315 e. The van der Waals surface area contributed by atoms with Crippen LogP contribution < -0.4 is 15.4 Å². The first-order valence-electron chi connectivity index (χ1n) is 8.95. The van der Waals surface area contributed by atoms with Gasteiger partial charge >= 0.3 is 6.03 Å². The number of nitrogens with zero attached hydrogens (tertiary/aromatic N) is 1. The third-order valence-electron chi connectivity index (χ3n) is 4.68. The van der Waals surface area contributed by atoms with Crippen molar-refractivity contribution < 1.29 is 9.53 Å². The van der Waals surface area contributed by atoms with Gasteiger partial charge < -0.3 is 15.4 Å². The molecule has 1 aliphatic rings. The summed E-state index contributed by atoms with van der Waals surface area (Å²) in [5, 5.41) is 13.1. The summed E-state index contributed by atoms with van der Waals surface area (Å²) in [4.78, 5) is 12.1. The quantitative estimate of drug-likeness (QED) is 0.677. The Labute approximate surface area is 148 Å². The number of ether oxygens (including phenoxy) is 1. The highest BCUT2D eigenvalue weighted by Gasteiger charge is 2.23. The number of carbonyl (C=O) groups is 1. The predicted molar refractivity (Wildman–Crippen MR) is 96.7 cm³/mol. The van der Waals surface area contributed by atoms with Gasteiger partial charge in [0.1, 0.15) is 5.75 Å². The number of hydrogen-bond donors (Lipinski definition) is 3. The molecule has 25 heavy (non-hydrogen) atoms. The summed E-state index contributed by atoms with van der Waals surface area (Å²) in [7, 11) is 1.67. The number of hydrogen-bond acceptors (Lipinski definition) is 3. The molecule has 1 aliphatic carbocycles. The molecule has 0 saturated carbocycles. The summed E-state index contributed by atoms with van der Waals surface area (Å²) in [6, 6.07) is 8.08. The van der Waals surface area contributed by atoms with Crippen molar-refractivity contribution in [3.63, 3.8) is 0 Å². The van der Waals surface area contributed by atoms with Gasteiger partial charge in [0.05, 0.1) is 25.0 Å². The summed E-state index contributed by atoms with van der Waals surface area (Å²) < 4.78 is 5.16. The Morgan fingerprint density at radius 3 is 2.96 bits per heavy atom. The van der Waals surface area contributed by atoms with Gasteiger partial charge in [-0.25, -0.2) is 4.79 Å². The van der Waals surface area contributed by atoms with Crippen molar-refractivity contribution in [2.24, 2.45) is 0 Å². The Morgan fingerprint density at radius 1 is 1.32 bits per heavy atom. The minimum atomic E-state index is -0.100. The van der Waals surface area contributed by atoms with Crippen molar-refractivity contribution in [3.05, 3.63) is 47.3 Å². The fraction of sp³-hybridized carbons (Fsp3) is 0.474. The maximum absolute atomic E-state index is 12.1. The van der Waals surface area contributed by atoms with E-state index in [4.69, 9.17) is 4.74 Å². The first-order valence-corrected chi connectivity index (χ1v) is 8.95. The monoisotopic (exact) mass is 342 g/mol. The third-order valence-corrected chi connectivity index (χ3v) is 4.68. The highest BCUT2D eigenvalue weighted by atomic mass is 16.5. The molecule has 3 N–H and O–H groups in total. The Kier molecular flexibility index (Phi) is 5.93. The smallest absolute Gasteiger partial charge is 0.315 e. The van der Waals surface area contributed by atoms with Gasteiger partial charge in [0.25, 0.3) is 0 Å². The SMILES string of the molecule is COc1ccc(CCCCNC(=O)N[C@H]2CCCc3cn[nH]c32)cc1. The number of benzene rings is 1. The zero-order valence-electron chi connectivity index (χ0n) is 14.7. The van der Waals surface area contributed by atoms with Gasteiger partial charge in [-0.05, 0) is 61.8 Å². The molecular formula is C19H26N4O2. The number of urea groups is 1. The van der Waals surface area contributed by atoms with Crippen molar-refractivity contribution in [1.82, 2.24) is 20.8 Å². The molecule has 6 heteroatoms. The second kappa shape index (κ2) is 8.55. The second-order valence-electron chi connectivity index (χ2n) is 6.46. The molecule has 6 nitrogen and oxygen atoms in total. The van der Waals surface area contributed by atoms with Crippen LogP contribution in [0.1, 0.15) is 48.5 Å². The molecule has 0 fully saturated rings. The average molecular weight is 342 g/mol. The van der Waals surface area contributed by atoms with Crippen LogP contribution in [-0.4, -0.2) is 29.9 Å². The molecule has 1 atom stereocenters. The molecule has 2 amide bonds. The number of amides is 2. The van der Waals surface area contributed by atoms with Crippen LogP contribution in [0.2, 0.25) is 0 Å². The highest BCUT2D eigenvalue weighted by molar-refractivity contribution is 5.74. The van der Waals surface area contributed by atoms with Gasteiger partial charge in [0.2, 0.25) is 0 Å². The van der Waals surface area contributed by atoms with Crippen LogP contribution in [0.3, 0.4) is 0 Å². The summed E-state index contributed by atoms with van der Waals surface area (Å²) in [5.74, 6) is 0.880. The second-order valence-corrected chi connectivity index (χ2v) is 6.46. The number of nitrogens with one attached hydrogen (secondary N) is 3. The molecule has 2 aromatic rings. The van der Waals surface area contributed by atoms with Crippen molar-refractivity contribution >= 4 is 6.03 Å². The van der Waals surface area contributed by atoms with Crippen LogP contribution in [0, 0.1) is 0 Å². The molecule has 0 bridgehead atoms. The Hall–Kier alpha value is -2.50. The van der Waals surface area contributed by atoms with Crippen molar-refractivity contribution in [2.45, 2.75) is 44.6 Å². The molecule has 1 heterocycles. The molecule has 0 saturated heterocycles. The van der Waals surface area contributed by atoms with Crippen LogP contribution in [-0.2, 0) is 12.8 Å². The number of methoxy groups -OCH3 is 1. The lowest BCUT2D eigenvalue weighted by molar-refractivity contribution is 0.235. The van der Waals surface area contributed by atoms with Crippen LogP contribution in [0.4, 0.5) is 4.79 Å². The number of H-pyrrole nitrogens is 1. The molecule has 3 rings (SSSR count). The Morgan fingerprint density at radius 2 is 2.16 bits per heavy atom. The first kappa shape index (κ1) is 17.3. The number of carbonyl (C=O) groups excluding carboxylic acids is 1. The van der Waals surface area contributed by atoms with E-state index in [1.54, 1.807) is 7.11 Å². The van der Waals surface area contributed by atoms with Crippen molar-refractivity contribution in [3.8, 4) is 5.75 Å². The minimum absolute atomic E-state index is 0.0468. The number of aryl methyl sites for hydroxylation is 2. The van der Waals surface area contributed by atoms with Crippen molar-refractivity contribution in [1.29, 1.82) is 0 Å². The van der Waals surface area contributed by atoms with E-state index < -0.39 is 0 Å². The maximum atomic E-state index is 12.1. The molecule has 0 unspecified atom stereocenters. The predicted octanol–water partition coefficient (Wildman–Crippen LogP) is 3.12. The standard InChI is InChI=1S/C19H26N4O2/c1-25-16-10-8-14(9-11-16)5-2-3-12-20-19(24)22-17-7-4-6-15-13-21-23-18(15)17/h8-11,13,17H,2-7,12H2,1H3,(H,21,23)(H2,20,22,24)/t17-/m0/s1. The largest absolute Gasteiger partial charge is 0.497 e. The van der Waals surface area contributed by atoms with E-state index in [1.807, 2.05) is 18.3 Å². The molecular weight excluding hydrogens is 316 g/mol. The first-order chi connectivity index (χ1) is 12.3. The number of unbranched alkanes of at least 4 members (excludes halogenated alkanes) is 1. The lowest BCUT2D eigenvalue weighted by Gasteiger charge is -2.23. The number of aromatic nitrogens is 2. The molecule has 134 valence electrons. The van der Waals surface area contributed by atoms with E-state index in [-0.39, 0.29) is 12.1 Å². The van der Waals surface area contributed by atoms with E-state index in [1.165, 1.54) is 11.1 Å². The fourth-order valence-corrected chi connectivity index (χ4v) is 3.26. The molecule has 0 radical (unpaired) electrons. The van der Waals surface area contributed by atoms with E-state index >= 15 is 0 Å². The number of aromatic amines is 1. The van der Waals surface area contributed by atoms with E-state index in [9.17, 15) is 4.79 Å². The van der Waals surface area contributed by atoms with Crippen LogP contribution in [0.5, 0.6) is 5.75 Å². The van der Waals surface area contributed by atoms with Crippen LogP contribution in [0.15, 0.2) is 30.5 Å². The molecule has 0 aliphatic heterocycles. The highest BCUT2D eigenvalue weighted by Crippen LogP contribution is 2.27. The summed E-state index contributed by atoms with van der Waals surface area (Å²) in [6.07, 6.45) is 7.95. The van der Waals surface area contributed by atoms with Crippen LogP contribution >= 0.6 is 0 Å². The van der Waals surface area contributed by atoms with Gasteiger partial charge in [-0.15, -0.1) is 0 Å². The van der Waals surface area contributed by atoms with Gasteiger partial charge in [-0.3, -0.25) is 5.10 Å². The van der Waals surface area contributed by atoms with Gasteiger partial charge in [0, 0.05) is 6.54 Å². The zero-order chi connectivity index (χ0) is 17.5.